The van der Waals surface area contributed by atoms with Crippen molar-refractivity contribution in [3.8, 4) is 0 Å². The Labute approximate surface area is 53.3 Å². The maximum absolute atomic E-state index is 2.38. The van der Waals surface area contributed by atoms with Crippen molar-refractivity contribution in [3.05, 3.63) is 0 Å². The van der Waals surface area contributed by atoms with E-state index in [1.807, 2.05) is 0 Å². The summed E-state index contributed by atoms with van der Waals surface area (Å²) >= 11 is 0. The minimum Gasteiger partial charge on any atom is -0.269 e. The summed E-state index contributed by atoms with van der Waals surface area (Å²) in [4.78, 5) is 0. The highest BCUT2D eigenvalue weighted by molar-refractivity contribution is 6.55. The zero-order chi connectivity index (χ0) is 5.70. The molecule has 8 heavy (non-hydrogen) atoms. The number of hydrogen-bond donors (Lipinski definition) is 0. The van der Waals surface area contributed by atoms with Gasteiger partial charge in [0.15, 0.2) is 0 Å². The van der Waals surface area contributed by atoms with E-state index < -0.39 is 0 Å². The lowest BCUT2D eigenvalue weighted by Gasteiger charge is -1.96. The summed E-state index contributed by atoms with van der Waals surface area (Å²) in [5.74, 6) is 0. The van der Waals surface area contributed by atoms with Crippen LogP contribution in [0.2, 0.25) is 19.1 Å². The topological polar surface area (TPSA) is 0 Å². The van der Waals surface area contributed by atoms with Gasteiger partial charge >= 0.3 is 0 Å². The van der Waals surface area contributed by atoms with E-state index in [-0.39, 0.29) is 13.5 Å². The van der Waals surface area contributed by atoms with Crippen molar-refractivity contribution in [3.63, 3.8) is 0 Å². The maximum Gasteiger partial charge on any atom is 0.0412 e. The first kappa shape index (κ1) is 11.0. The number of rotatable bonds is 3. The Hall–Kier alpha value is 0.147. The van der Waals surface area contributed by atoms with E-state index in [1.165, 1.54) is 18.9 Å². The molecule has 0 heterocycles. The molecule has 0 saturated carbocycles. The summed E-state index contributed by atoms with van der Waals surface area (Å²) in [6.07, 6.45) is 2.82. The minimum atomic E-state index is 0. The van der Waals surface area contributed by atoms with Crippen LogP contribution in [0.1, 0.15) is 19.8 Å². The minimum absolute atomic E-state index is 0. The Balaban J connectivity index is 0. The molecule has 0 nitrogen and oxygen atoms in total. The van der Waals surface area contributed by atoms with Crippen LogP contribution < -0.4 is 0 Å². The molecule has 0 saturated heterocycles. The first-order valence-electron chi connectivity index (χ1n) is 3.06. The van der Waals surface area contributed by atoms with Crippen LogP contribution in [-0.2, 0) is 0 Å². The number of unbranched alkanes of at least 4 members (excludes halogenated alkanes) is 1. The van der Waals surface area contributed by atoms with Gasteiger partial charge in [-0.15, -0.1) is 0 Å². The van der Waals surface area contributed by atoms with Crippen LogP contribution >= 0.6 is 0 Å². The first-order chi connectivity index (χ1) is 3.27. The fraction of sp³-hybridized carbons (Fsp3) is 1.00. The molecule has 0 fully saturated rings. The SMILES string of the molecule is CCCC[Si](C)C.F. The van der Waals surface area contributed by atoms with Gasteiger partial charge in [0.25, 0.3) is 0 Å². The van der Waals surface area contributed by atoms with Crippen molar-refractivity contribution in [1.29, 1.82) is 0 Å². The van der Waals surface area contributed by atoms with E-state index in [0.29, 0.717) is 0 Å². The molecule has 0 N–H and O–H groups in total. The highest BCUT2D eigenvalue weighted by Crippen LogP contribution is 1.98. The van der Waals surface area contributed by atoms with Crippen molar-refractivity contribution in [2.75, 3.05) is 0 Å². The molecule has 0 aliphatic rings. The Morgan fingerprint density at radius 3 is 1.88 bits per heavy atom. The van der Waals surface area contributed by atoms with Gasteiger partial charge in [-0.1, -0.05) is 38.9 Å². The van der Waals surface area contributed by atoms with Gasteiger partial charge in [0.2, 0.25) is 0 Å². The lowest BCUT2D eigenvalue weighted by atomic mass is 10.4. The van der Waals surface area contributed by atoms with Gasteiger partial charge < -0.3 is 0 Å². The average molecular weight is 135 g/mol. The van der Waals surface area contributed by atoms with Crippen molar-refractivity contribution in [2.45, 2.75) is 38.9 Å². The molecule has 0 atom stereocenters. The van der Waals surface area contributed by atoms with Crippen LogP contribution in [0.3, 0.4) is 0 Å². The third-order valence-corrected chi connectivity index (χ3v) is 2.38. The van der Waals surface area contributed by atoms with Crippen molar-refractivity contribution in [1.82, 2.24) is 0 Å². The third-order valence-electron chi connectivity index (χ3n) is 1.03. The second-order valence-corrected chi connectivity index (χ2v) is 5.22. The third kappa shape index (κ3) is 9.47. The van der Waals surface area contributed by atoms with Gasteiger partial charge in [-0.25, -0.2) is 0 Å². The van der Waals surface area contributed by atoms with E-state index in [9.17, 15) is 0 Å². The summed E-state index contributed by atoms with van der Waals surface area (Å²) in [5, 5.41) is 0. The van der Waals surface area contributed by atoms with E-state index in [2.05, 4.69) is 20.0 Å². The molecule has 0 spiro atoms. The molecule has 0 aromatic rings. The Bertz CT molecular complexity index is 37.5. The molecule has 51 valence electrons. The molecule has 0 rings (SSSR count). The van der Waals surface area contributed by atoms with Gasteiger partial charge in [-0.2, -0.15) is 0 Å². The summed E-state index contributed by atoms with van der Waals surface area (Å²) in [7, 11) is 0.103. The largest absolute Gasteiger partial charge is 0.269 e. The zero-order valence-corrected chi connectivity index (χ0v) is 7.03. The fourth-order valence-electron chi connectivity index (χ4n) is 0.530. The molecule has 0 aromatic carbocycles. The predicted octanol–water partition coefficient (Wildman–Crippen LogP) is 2.69. The average Bonchev–Trinajstić information content (AvgIpc) is 1.61. The number of halogens is 1. The van der Waals surface area contributed by atoms with Crippen LogP contribution in [0.25, 0.3) is 0 Å². The molecule has 0 amide bonds. The quantitative estimate of drug-likeness (QED) is 0.522. The molecule has 1 radical (unpaired) electrons. The molecule has 0 unspecified atom stereocenters. The predicted molar refractivity (Wildman–Crippen MR) is 39.7 cm³/mol. The van der Waals surface area contributed by atoms with Gasteiger partial charge in [-0.3, -0.25) is 4.70 Å². The van der Waals surface area contributed by atoms with Gasteiger partial charge in [0.05, 0.1) is 0 Å². The van der Waals surface area contributed by atoms with Crippen molar-refractivity contribution < 1.29 is 4.70 Å². The monoisotopic (exact) mass is 135 g/mol. The van der Waals surface area contributed by atoms with E-state index in [1.54, 1.807) is 0 Å². The number of hydrogen-bond acceptors (Lipinski definition) is 0. The van der Waals surface area contributed by atoms with Gasteiger partial charge in [0, 0.05) is 8.80 Å². The second kappa shape index (κ2) is 7.15. The van der Waals surface area contributed by atoms with Crippen LogP contribution in [-0.4, -0.2) is 8.80 Å². The summed E-state index contributed by atoms with van der Waals surface area (Å²) in [6.45, 7) is 7.01. The van der Waals surface area contributed by atoms with E-state index in [0.717, 1.165) is 0 Å². The van der Waals surface area contributed by atoms with E-state index >= 15 is 0 Å². The van der Waals surface area contributed by atoms with Crippen LogP contribution in [0.5, 0.6) is 0 Å². The first-order valence-corrected chi connectivity index (χ1v) is 5.77. The van der Waals surface area contributed by atoms with Crippen LogP contribution in [0, 0.1) is 0 Å². The molecule has 0 bridgehead atoms. The van der Waals surface area contributed by atoms with Crippen LogP contribution in [0.4, 0.5) is 4.70 Å². The highest BCUT2D eigenvalue weighted by atomic mass is 28.3. The second-order valence-electron chi connectivity index (χ2n) is 2.31. The fourth-order valence-corrected chi connectivity index (χ4v) is 1.59. The molecule has 0 aliphatic carbocycles. The van der Waals surface area contributed by atoms with Crippen molar-refractivity contribution >= 4 is 8.80 Å². The smallest absolute Gasteiger partial charge is 0.0412 e. The Morgan fingerprint density at radius 2 is 1.75 bits per heavy atom. The summed E-state index contributed by atoms with van der Waals surface area (Å²) < 4.78 is 0. The zero-order valence-electron chi connectivity index (χ0n) is 6.03. The molecule has 0 aliphatic heterocycles. The molecule has 2 heteroatoms. The lowest BCUT2D eigenvalue weighted by Crippen LogP contribution is -1.96. The Morgan fingerprint density at radius 1 is 1.25 bits per heavy atom. The van der Waals surface area contributed by atoms with E-state index in [4.69, 9.17) is 0 Å². The lowest BCUT2D eigenvalue weighted by molar-refractivity contribution is 0.875. The van der Waals surface area contributed by atoms with Gasteiger partial charge in [0.1, 0.15) is 0 Å². The molecular weight excluding hydrogens is 119 g/mol. The maximum atomic E-state index is 2.38. The Kier molecular flexibility index (Phi) is 9.84. The highest BCUT2D eigenvalue weighted by Gasteiger charge is 1.91. The standard InChI is InChI=1S/C6H15Si.FH/c1-4-5-6-7(2)3;/h4-6H2,1-3H3;1H. The molecular formula is C6H16FSi. The van der Waals surface area contributed by atoms with Gasteiger partial charge in [-0.05, 0) is 0 Å². The van der Waals surface area contributed by atoms with Crippen LogP contribution in [0.15, 0.2) is 0 Å². The summed E-state index contributed by atoms with van der Waals surface area (Å²) in [5.41, 5.74) is 0. The normalized spacial score (nSPS) is 9.00. The molecule has 0 aromatic heterocycles. The summed E-state index contributed by atoms with van der Waals surface area (Å²) in [6, 6.07) is 1.50. The van der Waals surface area contributed by atoms with Crippen molar-refractivity contribution in [2.24, 2.45) is 0 Å².